The Kier molecular flexibility index (Phi) is 4.17. The summed E-state index contributed by atoms with van der Waals surface area (Å²) in [6.07, 6.45) is -0.369. The molecule has 0 aliphatic carbocycles. The molecule has 1 aliphatic heterocycles. The summed E-state index contributed by atoms with van der Waals surface area (Å²) >= 11 is 0. The van der Waals surface area contributed by atoms with Crippen LogP contribution in [0.2, 0.25) is 0 Å². The fraction of sp³-hybridized carbons (Fsp3) is 0.462. The summed E-state index contributed by atoms with van der Waals surface area (Å²) < 4.78 is 15.3. The first-order valence-electron chi connectivity index (χ1n) is 5.81. The van der Waals surface area contributed by atoms with Crippen molar-refractivity contribution in [3.8, 4) is 5.75 Å². The van der Waals surface area contributed by atoms with Gasteiger partial charge in [0.15, 0.2) is 0 Å². The van der Waals surface area contributed by atoms with Crippen LogP contribution in [0.15, 0.2) is 24.3 Å². The second-order valence-electron chi connectivity index (χ2n) is 4.09. The van der Waals surface area contributed by atoms with Crippen molar-refractivity contribution in [2.24, 2.45) is 0 Å². The lowest BCUT2D eigenvalue weighted by Gasteiger charge is -2.13. The van der Waals surface area contributed by atoms with Crippen molar-refractivity contribution >= 4 is 5.97 Å². The Balaban J connectivity index is 1.87. The van der Waals surface area contributed by atoms with Gasteiger partial charge < -0.3 is 19.3 Å². The second kappa shape index (κ2) is 5.84. The van der Waals surface area contributed by atoms with Crippen LogP contribution in [0.4, 0.5) is 0 Å². The third-order valence-electron chi connectivity index (χ3n) is 2.88. The molecule has 1 saturated heterocycles. The van der Waals surface area contributed by atoms with Crippen molar-refractivity contribution in [3.63, 3.8) is 0 Å². The van der Waals surface area contributed by atoms with Gasteiger partial charge in [-0.05, 0) is 30.7 Å². The molecule has 1 fully saturated rings. The molecule has 5 nitrogen and oxygen atoms in total. The maximum absolute atomic E-state index is 11.7. The van der Waals surface area contributed by atoms with Crippen molar-refractivity contribution in [2.45, 2.75) is 18.6 Å². The summed E-state index contributed by atoms with van der Waals surface area (Å²) in [5, 5.41) is 9.51. The van der Waals surface area contributed by atoms with E-state index in [-0.39, 0.29) is 6.61 Å². The van der Waals surface area contributed by atoms with E-state index in [2.05, 4.69) is 0 Å². The highest BCUT2D eigenvalue weighted by atomic mass is 16.6. The number of carbonyl (C=O) groups is 1. The molecule has 2 atom stereocenters. The fourth-order valence-electron chi connectivity index (χ4n) is 1.76. The standard InChI is InChI=1S/C13H16O5/c1-16-10-4-2-9(3-5-10)13(15)18-8-12-11(14)6-7-17-12/h2-5,11-12,14H,6-8H2,1H3/t11-,12+/m0/s1. The molecule has 1 aromatic carbocycles. The van der Waals surface area contributed by atoms with Crippen LogP contribution in [0, 0.1) is 0 Å². The van der Waals surface area contributed by atoms with Gasteiger partial charge in [0.25, 0.3) is 0 Å². The molecule has 1 aliphatic rings. The van der Waals surface area contributed by atoms with Crippen LogP contribution >= 0.6 is 0 Å². The normalized spacial score (nSPS) is 22.8. The maximum Gasteiger partial charge on any atom is 0.338 e. The van der Waals surface area contributed by atoms with Crippen LogP contribution in [0.25, 0.3) is 0 Å². The highest BCUT2D eigenvalue weighted by Crippen LogP contribution is 2.15. The minimum atomic E-state index is -0.548. The van der Waals surface area contributed by atoms with Crippen LogP contribution in [0.3, 0.4) is 0 Å². The molecular weight excluding hydrogens is 236 g/mol. The average Bonchev–Trinajstić information content (AvgIpc) is 2.81. The molecule has 0 bridgehead atoms. The lowest BCUT2D eigenvalue weighted by Crippen LogP contribution is -2.27. The molecule has 18 heavy (non-hydrogen) atoms. The van der Waals surface area contributed by atoms with E-state index >= 15 is 0 Å². The maximum atomic E-state index is 11.7. The molecule has 0 unspecified atom stereocenters. The Labute approximate surface area is 105 Å². The third kappa shape index (κ3) is 3.00. The van der Waals surface area contributed by atoms with Gasteiger partial charge in [-0.2, -0.15) is 0 Å². The zero-order valence-corrected chi connectivity index (χ0v) is 10.2. The van der Waals surface area contributed by atoms with Crippen LogP contribution < -0.4 is 4.74 Å². The number of methoxy groups -OCH3 is 1. The third-order valence-corrected chi connectivity index (χ3v) is 2.88. The van der Waals surface area contributed by atoms with Crippen LogP contribution in [0.1, 0.15) is 16.8 Å². The van der Waals surface area contributed by atoms with E-state index in [0.717, 1.165) is 0 Å². The van der Waals surface area contributed by atoms with E-state index < -0.39 is 18.2 Å². The van der Waals surface area contributed by atoms with Gasteiger partial charge in [-0.1, -0.05) is 0 Å². The lowest BCUT2D eigenvalue weighted by atomic mass is 10.2. The Bertz CT molecular complexity index is 400. The summed E-state index contributed by atoms with van der Waals surface area (Å²) in [5.41, 5.74) is 0.447. The van der Waals surface area contributed by atoms with E-state index in [0.29, 0.717) is 24.3 Å². The smallest absolute Gasteiger partial charge is 0.338 e. The second-order valence-corrected chi connectivity index (χ2v) is 4.09. The summed E-state index contributed by atoms with van der Waals surface area (Å²) in [4.78, 5) is 11.7. The Hall–Kier alpha value is -1.59. The van der Waals surface area contributed by atoms with E-state index in [9.17, 15) is 9.90 Å². The predicted molar refractivity (Wildman–Crippen MR) is 63.6 cm³/mol. The number of aliphatic hydroxyl groups is 1. The molecule has 1 heterocycles. The van der Waals surface area contributed by atoms with E-state index in [4.69, 9.17) is 14.2 Å². The van der Waals surface area contributed by atoms with Gasteiger partial charge in [0.2, 0.25) is 0 Å². The molecular formula is C13H16O5. The van der Waals surface area contributed by atoms with Gasteiger partial charge in [0.05, 0.1) is 18.8 Å². The average molecular weight is 252 g/mol. The zero-order valence-electron chi connectivity index (χ0n) is 10.2. The molecule has 1 aromatic rings. The predicted octanol–water partition coefficient (Wildman–Crippen LogP) is 1.00. The number of carbonyl (C=O) groups excluding carboxylic acids is 1. The monoisotopic (exact) mass is 252 g/mol. The molecule has 5 heteroatoms. The molecule has 2 rings (SSSR count). The van der Waals surface area contributed by atoms with Crippen LogP contribution in [-0.4, -0.2) is 43.6 Å². The highest BCUT2D eigenvalue weighted by Gasteiger charge is 2.27. The van der Waals surface area contributed by atoms with Crippen molar-refractivity contribution in [3.05, 3.63) is 29.8 Å². The molecule has 1 N–H and O–H groups in total. The topological polar surface area (TPSA) is 65.0 Å². The zero-order chi connectivity index (χ0) is 13.0. The fourth-order valence-corrected chi connectivity index (χ4v) is 1.76. The first-order chi connectivity index (χ1) is 8.70. The Morgan fingerprint density at radius 1 is 1.44 bits per heavy atom. The summed E-state index contributed by atoms with van der Waals surface area (Å²) in [6, 6.07) is 6.65. The minimum absolute atomic E-state index is 0.0754. The van der Waals surface area contributed by atoms with Crippen molar-refractivity contribution in [1.29, 1.82) is 0 Å². The highest BCUT2D eigenvalue weighted by molar-refractivity contribution is 5.89. The van der Waals surface area contributed by atoms with Gasteiger partial charge in [-0.25, -0.2) is 4.79 Å². The molecule has 0 aromatic heterocycles. The SMILES string of the molecule is COc1ccc(C(=O)OC[C@H]2OCC[C@@H]2O)cc1. The largest absolute Gasteiger partial charge is 0.497 e. The van der Waals surface area contributed by atoms with Gasteiger partial charge in [-0.15, -0.1) is 0 Å². The van der Waals surface area contributed by atoms with Gasteiger partial charge in [-0.3, -0.25) is 0 Å². The quantitative estimate of drug-likeness (QED) is 0.810. The van der Waals surface area contributed by atoms with Crippen LogP contribution in [0.5, 0.6) is 5.75 Å². The number of aliphatic hydroxyl groups excluding tert-OH is 1. The van der Waals surface area contributed by atoms with Crippen LogP contribution in [-0.2, 0) is 9.47 Å². The van der Waals surface area contributed by atoms with Crippen molar-refractivity contribution in [1.82, 2.24) is 0 Å². The molecule has 98 valence electrons. The lowest BCUT2D eigenvalue weighted by molar-refractivity contribution is -0.0143. The number of ether oxygens (including phenoxy) is 3. The Morgan fingerprint density at radius 3 is 2.72 bits per heavy atom. The number of hydrogen-bond acceptors (Lipinski definition) is 5. The van der Waals surface area contributed by atoms with Gasteiger partial charge in [0.1, 0.15) is 18.5 Å². The number of benzene rings is 1. The minimum Gasteiger partial charge on any atom is -0.497 e. The van der Waals surface area contributed by atoms with Gasteiger partial charge >= 0.3 is 5.97 Å². The number of esters is 1. The molecule has 0 spiro atoms. The van der Waals surface area contributed by atoms with E-state index in [1.54, 1.807) is 31.4 Å². The summed E-state index contributed by atoms with van der Waals surface area (Å²) in [6.45, 7) is 0.581. The first-order valence-corrected chi connectivity index (χ1v) is 5.81. The van der Waals surface area contributed by atoms with E-state index in [1.165, 1.54) is 0 Å². The molecule has 0 radical (unpaired) electrons. The number of rotatable bonds is 4. The number of hydrogen-bond donors (Lipinski definition) is 1. The Morgan fingerprint density at radius 2 is 2.17 bits per heavy atom. The summed E-state index contributed by atoms with van der Waals surface area (Å²) in [7, 11) is 1.56. The molecule has 0 amide bonds. The first kappa shape index (κ1) is 12.9. The van der Waals surface area contributed by atoms with E-state index in [1.807, 2.05) is 0 Å². The van der Waals surface area contributed by atoms with Crippen molar-refractivity contribution < 1.29 is 24.1 Å². The summed E-state index contributed by atoms with van der Waals surface area (Å²) in [5.74, 6) is 0.251. The molecule has 0 saturated carbocycles. The van der Waals surface area contributed by atoms with Crippen molar-refractivity contribution in [2.75, 3.05) is 20.3 Å². The van der Waals surface area contributed by atoms with Gasteiger partial charge in [0, 0.05) is 6.61 Å².